The molecule has 2 aliphatic heterocycles. The average Bonchev–Trinajstić information content (AvgIpc) is 2.68. The molecule has 2 amide bonds. The van der Waals surface area contributed by atoms with E-state index in [2.05, 4.69) is 21.2 Å². The Labute approximate surface area is 182 Å². The number of rotatable bonds is 6. The lowest BCUT2D eigenvalue weighted by Gasteiger charge is -2.49. The number of ether oxygens (including phenoxy) is 2. The van der Waals surface area contributed by atoms with E-state index >= 15 is 0 Å². The zero-order valence-corrected chi connectivity index (χ0v) is 18.8. The van der Waals surface area contributed by atoms with Crippen LogP contribution in [0.4, 0.5) is 0 Å². The maximum Gasteiger partial charge on any atom is 0.355 e. The molecule has 0 aromatic heterocycles. The molecular formula is C20H23BrN2O5S. The van der Waals surface area contributed by atoms with Crippen molar-refractivity contribution >= 4 is 45.5 Å². The highest BCUT2D eigenvalue weighted by atomic mass is 79.9. The van der Waals surface area contributed by atoms with E-state index in [1.807, 2.05) is 18.2 Å². The Kier molecular flexibility index (Phi) is 6.58. The summed E-state index contributed by atoms with van der Waals surface area (Å²) in [4.78, 5) is 39.1. The van der Waals surface area contributed by atoms with Crippen LogP contribution in [0.1, 0.15) is 20.8 Å². The van der Waals surface area contributed by atoms with Crippen molar-refractivity contribution in [2.75, 3.05) is 17.7 Å². The first kappa shape index (κ1) is 21.7. The first-order valence-electron chi connectivity index (χ1n) is 9.14. The smallest absolute Gasteiger partial charge is 0.355 e. The van der Waals surface area contributed by atoms with Crippen LogP contribution in [0.3, 0.4) is 0 Å². The standard InChI is InChI=1S/C20H23BrN2O5S/c1-20(2,3)28-19(26)16-12(9-21)11-29-18-15(17(25)23(16)18)22-14(24)10-27-13-7-5-4-6-8-13/h4-8,15,18H,9-11H2,1-3H3,(H,22,24)/t15-,18+/m1/s1. The SMILES string of the molecule is CC(C)(C)OC(=O)C1=C(CBr)CS[C@H]2[C@H](NC(=O)COc3ccccc3)C(=O)N12. The van der Waals surface area contributed by atoms with Gasteiger partial charge >= 0.3 is 5.97 Å². The lowest BCUT2D eigenvalue weighted by atomic mass is 10.0. The van der Waals surface area contributed by atoms with Gasteiger partial charge in [-0.3, -0.25) is 14.5 Å². The lowest BCUT2D eigenvalue weighted by Crippen LogP contribution is -2.71. The number of hydrogen-bond donors (Lipinski definition) is 1. The first-order chi connectivity index (χ1) is 13.7. The van der Waals surface area contributed by atoms with Crippen molar-refractivity contribution in [3.63, 3.8) is 0 Å². The summed E-state index contributed by atoms with van der Waals surface area (Å²) in [6.45, 7) is 5.15. The van der Waals surface area contributed by atoms with Crippen LogP contribution in [0.2, 0.25) is 0 Å². The topological polar surface area (TPSA) is 84.9 Å². The second-order valence-corrected chi connectivity index (χ2v) is 9.31. The van der Waals surface area contributed by atoms with Gasteiger partial charge in [0, 0.05) is 11.1 Å². The maximum atomic E-state index is 12.7. The van der Waals surface area contributed by atoms with Crippen molar-refractivity contribution in [1.82, 2.24) is 10.2 Å². The number of carbonyl (C=O) groups is 3. The van der Waals surface area contributed by atoms with Gasteiger partial charge in [0.15, 0.2) is 6.61 Å². The number of fused-ring (bicyclic) bond motifs is 1. The molecule has 0 bridgehead atoms. The maximum absolute atomic E-state index is 12.7. The molecule has 2 aliphatic rings. The van der Waals surface area contributed by atoms with Crippen LogP contribution in [0.15, 0.2) is 41.6 Å². The molecule has 0 aliphatic carbocycles. The number of alkyl halides is 1. The van der Waals surface area contributed by atoms with Gasteiger partial charge in [0.2, 0.25) is 0 Å². The van der Waals surface area contributed by atoms with Gasteiger partial charge < -0.3 is 14.8 Å². The zero-order chi connectivity index (χ0) is 21.2. The van der Waals surface area contributed by atoms with Crippen LogP contribution in [0.25, 0.3) is 0 Å². The molecule has 2 atom stereocenters. The number of nitrogens with zero attached hydrogens (tertiary/aromatic N) is 1. The van der Waals surface area contributed by atoms with Gasteiger partial charge in [0.25, 0.3) is 11.8 Å². The number of nitrogens with one attached hydrogen (secondary N) is 1. The molecule has 7 nitrogen and oxygen atoms in total. The molecular weight excluding hydrogens is 460 g/mol. The van der Waals surface area contributed by atoms with E-state index in [0.717, 1.165) is 5.57 Å². The molecule has 1 fully saturated rings. The van der Waals surface area contributed by atoms with E-state index in [9.17, 15) is 14.4 Å². The minimum absolute atomic E-state index is 0.188. The highest BCUT2D eigenvalue weighted by Crippen LogP contribution is 2.41. The summed E-state index contributed by atoms with van der Waals surface area (Å²) in [5.74, 6) is -0.0894. The van der Waals surface area contributed by atoms with Crippen molar-refractivity contribution in [3.05, 3.63) is 41.6 Å². The summed E-state index contributed by atoms with van der Waals surface area (Å²) >= 11 is 4.89. The molecule has 1 aromatic rings. The Hall–Kier alpha value is -2.00. The van der Waals surface area contributed by atoms with Gasteiger partial charge in [-0.25, -0.2) is 4.79 Å². The van der Waals surface area contributed by atoms with Crippen LogP contribution in [-0.4, -0.2) is 57.4 Å². The van der Waals surface area contributed by atoms with E-state index < -0.39 is 17.6 Å². The summed E-state index contributed by atoms with van der Waals surface area (Å²) in [5, 5.41) is 2.84. The van der Waals surface area contributed by atoms with Crippen molar-refractivity contribution in [2.24, 2.45) is 0 Å². The van der Waals surface area contributed by atoms with E-state index in [1.54, 1.807) is 32.9 Å². The molecule has 29 heavy (non-hydrogen) atoms. The molecule has 0 radical (unpaired) electrons. The minimum atomic E-state index is -0.693. The fourth-order valence-electron chi connectivity index (χ4n) is 2.98. The third kappa shape index (κ3) is 4.95. The fourth-order valence-corrected chi connectivity index (χ4v) is 5.05. The van der Waals surface area contributed by atoms with Gasteiger partial charge in [-0.2, -0.15) is 0 Å². The summed E-state index contributed by atoms with van der Waals surface area (Å²) in [6.07, 6.45) is 0. The van der Waals surface area contributed by atoms with Crippen molar-refractivity contribution < 1.29 is 23.9 Å². The molecule has 9 heteroatoms. The van der Waals surface area contributed by atoms with E-state index in [-0.39, 0.29) is 29.5 Å². The van der Waals surface area contributed by atoms with E-state index in [1.165, 1.54) is 16.7 Å². The number of benzene rings is 1. The molecule has 3 rings (SSSR count). The average molecular weight is 483 g/mol. The number of amides is 2. The highest BCUT2D eigenvalue weighted by Gasteiger charge is 2.54. The van der Waals surface area contributed by atoms with Crippen LogP contribution in [0, 0.1) is 0 Å². The van der Waals surface area contributed by atoms with Gasteiger partial charge in [0.05, 0.1) is 0 Å². The highest BCUT2D eigenvalue weighted by molar-refractivity contribution is 9.09. The third-order valence-corrected chi connectivity index (χ3v) is 6.25. The molecule has 2 heterocycles. The normalized spacial score (nSPS) is 21.2. The van der Waals surface area contributed by atoms with E-state index in [0.29, 0.717) is 16.8 Å². The number of β-lactam (4-membered cyclic amide) rings is 1. The molecule has 0 spiro atoms. The Bertz CT molecular complexity index is 837. The molecule has 0 unspecified atom stereocenters. The number of hydrogen-bond acceptors (Lipinski definition) is 6. The lowest BCUT2D eigenvalue weighted by molar-refractivity contribution is -0.159. The number of para-hydroxylation sites is 1. The summed E-state index contributed by atoms with van der Waals surface area (Å²) in [6, 6.07) is 8.28. The predicted molar refractivity (Wildman–Crippen MR) is 114 cm³/mol. The Morgan fingerprint density at radius 3 is 2.59 bits per heavy atom. The molecule has 1 saturated heterocycles. The first-order valence-corrected chi connectivity index (χ1v) is 11.3. The van der Waals surface area contributed by atoms with Crippen LogP contribution >= 0.6 is 27.7 Å². The molecule has 1 aromatic carbocycles. The molecule has 156 valence electrons. The number of thioether (sulfide) groups is 1. The largest absolute Gasteiger partial charge is 0.484 e. The monoisotopic (exact) mass is 482 g/mol. The summed E-state index contributed by atoms with van der Waals surface area (Å²) in [5.41, 5.74) is 0.403. The van der Waals surface area contributed by atoms with Crippen molar-refractivity contribution in [2.45, 2.75) is 37.8 Å². The Balaban J connectivity index is 1.65. The van der Waals surface area contributed by atoms with Gasteiger partial charge in [-0.05, 0) is 38.5 Å². The van der Waals surface area contributed by atoms with Gasteiger partial charge in [-0.1, -0.05) is 34.1 Å². The zero-order valence-electron chi connectivity index (χ0n) is 16.4. The van der Waals surface area contributed by atoms with E-state index in [4.69, 9.17) is 9.47 Å². The van der Waals surface area contributed by atoms with Gasteiger partial charge in [0.1, 0.15) is 28.5 Å². The van der Waals surface area contributed by atoms with Crippen LogP contribution < -0.4 is 10.1 Å². The van der Waals surface area contributed by atoms with Crippen molar-refractivity contribution in [1.29, 1.82) is 0 Å². The predicted octanol–water partition coefficient (Wildman–Crippen LogP) is 2.46. The number of carbonyl (C=O) groups excluding carboxylic acids is 3. The summed E-state index contributed by atoms with van der Waals surface area (Å²) in [7, 11) is 0. The Morgan fingerprint density at radius 1 is 1.28 bits per heavy atom. The number of halogens is 1. The number of esters is 1. The quantitative estimate of drug-likeness (QED) is 0.380. The third-order valence-electron chi connectivity index (χ3n) is 4.23. The fraction of sp³-hybridized carbons (Fsp3) is 0.450. The van der Waals surface area contributed by atoms with Crippen LogP contribution in [0.5, 0.6) is 5.75 Å². The van der Waals surface area contributed by atoms with Crippen LogP contribution in [-0.2, 0) is 19.1 Å². The molecule has 1 N–H and O–H groups in total. The minimum Gasteiger partial charge on any atom is -0.484 e. The Morgan fingerprint density at radius 2 is 1.97 bits per heavy atom. The van der Waals surface area contributed by atoms with Gasteiger partial charge in [-0.15, -0.1) is 11.8 Å². The second kappa shape index (κ2) is 8.79. The molecule has 0 saturated carbocycles. The van der Waals surface area contributed by atoms with Crippen molar-refractivity contribution in [3.8, 4) is 5.75 Å². The summed E-state index contributed by atoms with van der Waals surface area (Å²) < 4.78 is 10.9. The second-order valence-electron chi connectivity index (χ2n) is 7.64.